The average Bonchev–Trinajstić information content (AvgIpc) is 3.62. The first-order valence-corrected chi connectivity index (χ1v) is 18.1. The first-order chi connectivity index (χ1) is 24.2. The van der Waals surface area contributed by atoms with Crippen molar-refractivity contribution in [2.24, 2.45) is 0 Å². The highest BCUT2D eigenvalue weighted by atomic mass is 35.5. The number of fused-ring (bicyclic) bond motifs is 1. The summed E-state index contributed by atoms with van der Waals surface area (Å²) in [6, 6.07) is 14.9. The van der Waals surface area contributed by atoms with Gasteiger partial charge in [-0.1, -0.05) is 35.3 Å². The van der Waals surface area contributed by atoms with E-state index in [1.54, 1.807) is 34.1 Å². The molecule has 2 aliphatic heterocycles. The molecule has 1 atom stereocenters. The van der Waals surface area contributed by atoms with Crippen molar-refractivity contribution < 1.29 is 35.9 Å². The lowest BCUT2D eigenvalue weighted by Gasteiger charge is -2.37. The molecule has 3 heterocycles. The maximum Gasteiger partial charge on any atom is 0.417 e. The number of hydrogen-bond donors (Lipinski definition) is 0. The van der Waals surface area contributed by atoms with Crippen molar-refractivity contribution in [2.75, 3.05) is 32.7 Å². The smallest absolute Gasteiger partial charge is 0.417 e. The summed E-state index contributed by atoms with van der Waals surface area (Å²) < 4.78 is 76.5. The van der Waals surface area contributed by atoms with E-state index in [2.05, 4.69) is 4.98 Å². The number of sulfonamides is 1. The Kier molecular flexibility index (Phi) is 10.2. The highest BCUT2D eigenvalue weighted by Crippen LogP contribution is 2.39. The number of benzene rings is 3. The van der Waals surface area contributed by atoms with Crippen molar-refractivity contribution in [1.29, 1.82) is 5.26 Å². The zero-order chi connectivity index (χ0) is 36.7. The molecule has 6 rings (SSSR count). The molecule has 1 unspecified atom stereocenters. The second-order valence-corrected chi connectivity index (χ2v) is 14.8. The maximum absolute atomic E-state index is 14.1. The van der Waals surface area contributed by atoms with E-state index in [-0.39, 0.29) is 100 Å². The number of carbonyl (C=O) groups is 2. The van der Waals surface area contributed by atoms with Crippen LogP contribution in [0.25, 0.3) is 10.9 Å². The van der Waals surface area contributed by atoms with Crippen molar-refractivity contribution >= 4 is 55.9 Å². The lowest BCUT2D eigenvalue weighted by molar-refractivity contribution is -0.137. The third-order valence-electron chi connectivity index (χ3n) is 8.97. The molecule has 266 valence electrons. The van der Waals surface area contributed by atoms with Gasteiger partial charge >= 0.3 is 6.18 Å². The summed E-state index contributed by atoms with van der Waals surface area (Å²) in [5.41, 5.74) is 0.174. The highest BCUT2D eigenvalue weighted by molar-refractivity contribution is 7.89. The van der Waals surface area contributed by atoms with E-state index in [0.29, 0.717) is 17.5 Å². The molecular formula is C35H30Cl2F3N5O5S. The molecule has 1 aromatic heterocycles. The number of ether oxygens (including phenoxy) is 1. The van der Waals surface area contributed by atoms with Gasteiger partial charge in [-0.3, -0.25) is 9.59 Å². The van der Waals surface area contributed by atoms with Crippen molar-refractivity contribution in [1.82, 2.24) is 19.1 Å². The molecule has 0 spiro atoms. The van der Waals surface area contributed by atoms with Crippen LogP contribution in [-0.4, -0.2) is 78.1 Å². The third kappa shape index (κ3) is 7.21. The first kappa shape index (κ1) is 36.4. The number of nitriles is 1. The molecule has 0 saturated carbocycles. The van der Waals surface area contributed by atoms with Crippen LogP contribution in [-0.2, 0) is 27.6 Å². The number of rotatable bonds is 7. The molecule has 2 amide bonds. The Hall–Kier alpha value is -4.42. The summed E-state index contributed by atoms with van der Waals surface area (Å²) in [6.45, 7) is 2.04. The number of aromatic nitrogens is 1. The van der Waals surface area contributed by atoms with Gasteiger partial charge in [0.1, 0.15) is 28.8 Å². The highest BCUT2D eigenvalue weighted by Gasteiger charge is 2.43. The molecule has 2 aliphatic rings. The largest absolute Gasteiger partial charge is 0.487 e. The number of aryl methyl sites for hydroxylation is 1. The van der Waals surface area contributed by atoms with E-state index in [9.17, 15) is 31.2 Å². The Morgan fingerprint density at radius 1 is 1.00 bits per heavy atom. The zero-order valence-electron chi connectivity index (χ0n) is 27.1. The Labute approximate surface area is 302 Å². The van der Waals surface area contributed by atoms with Crippen LogP contribution in [0.3, 0.4) is 0 Å². The van der Waals surface area contributed by atoms with Gasteiger partial charge in [0, 0.05) is 60.0 Å². The number of alkyl halides is 3. The number of nitrogens with zero attached hydrogens (tertiary/aromatic N) is 5. The number of hydrogen-bond acceptors (Lipinski definition) is 7. The number of para-hydroxylation sites is 1. The summed E-state index contributed by atoms with van der Waals surface area (Å²) >= 11 is 13.1. The van der Waals surface area contributed by atoms with Crippen LogP contribution in [0, 0.1) is 18.3 Å². The van der Waals surface area contributed by atoms with Crippen molar-refractivity contribution in [2.45, 2.75) is 43.5 Å². The number of pyridine rings is 1. The predicted octanol–water partition coefficient (Wildman–Crippen LogP) is 6.46. The standard InChI is InChI=1S/C35H30Cl2F3N5O5S/c1-21-18-26(35(38,39)40)24-4-2-6-29(32(24)42-21)50-20-25-27(36)11-12-30(31(25)37)51(48,49)45-13-3-5-28(45)34(47)44-16-14-43(15-17-44)33(46)23-9-7-22(19-41)8-10-23/h2,4,6-12,18,28H,3,5,13-17,20H2,1H3. The minimum Gasteiger partial charge on any atom is -0.487 e. The van der Waals surface area contributed by atoms with Crippen molar-refractivity contribution in [3.63, 3.8) is 0 Å². The fourth-order valence-electron chi connectivity index (χ4n) is 6.37. The summed E-state index contributed by atoms with van der Waals surface area (Å²) in [4.78, 5) is 33.8. The van der Waals surface area contributed by atoms with Crippen LogP contribution < -0.4 is 4.74 Å². The number of carbonyl (C=O) groups excluding carboxylic acids is 2. The molecule has 4 aromatic rings. The minimum atomic E-state index is -4.63. The van der Waals surface area contributed by atoms with E-state index in [1.807, 2.05) is 6.07 Å². The molecule has 2 saturated heterocycles. The van der Waals surface area contributed by atoms with Crippen LogP contribution in [0.15, 0.2) is 65.6 Å². The van der Waals surface area contributed by atoms with E-state index in [1.165, 1.54) is 37.3 Å². The monoisotopic (exact) mass is 759 g/mol. The van der Waals surface area contributed by atoms with Crippen LogP contribution in [0.1, 0.15) is 45.6 Å². The SMILES string of the molecule is Cc1cc(C(F)(F)F)c2cccc(OCc3c(Cl)ccc(S(=O)(=O)N4CCCC4C(=O)N4CCN(C(=O)c5ccc(C#N)cc5)CC4)c3Cl)c2n1. The zero-order valence-corrected chi connectivity index (χ0v) is 29.4. The molecule has 16 heteroatoms. The Balaban J connectivity index is 1.18. The fourth-order valence-corrected chi connectivity index (χ4v) is 8.89. The van der Waals surface area contributed by atoms with Crippen molar-refractivity contribution in [3.05, 3.63) is 98.7 Å². The molecule has 2 fully saturated rings. The van der Waals surface area contributed by atoms with Gasteiger partial charge < -0.3 is 14.5 Å². The van der Waals surface area contributed by atoms with Crippen molar-refractivity contribution in [3.8, 4) is 11.8 Å². The van der Waals surface area contributed by atoms with Gasteiger partial charge in [-0.25, -0.2) is 13.4 Å². The second-order valence-electron chi connectivity index (χ2n) is 12.2. The molecule has 10 nitrogen and oxygen atoms in total. The molecule has 3 aromatic carbocycles. The van der Waals surface area contributed by atoms with Gasteiger partial charge in [-0.2, -0.15) is 22.7 Å². The van der Waals surface area contributed by atoms with Gasteiger partial charge in [0.05, 0.1) is 22.2 Å². The van der Waals surface area contributed by atoms with Crippen LogP contribution in [0.2, 0.25) is 10.0 Å². The fraction of sp³-hybridized carbons (Fsp3) is 0.314. The van der Waals surface area contributed by atoms with Gasteiger partial charge in [-0.05, 0) is 68.3 Å². The summed E-state index contributed by atoms with van der Waals surface area (Å²) in [5, 5.41) is 8.68. The molecule has 51 heavy (non-hydrogen) atoms. The topological polar surface area (TPSA) is 124 Å². The Morgan fingerprint density at radius 3 is 2.35 bits per heavy atom. The van der Waals surface area contributed by atoms with Crippen LogP contribution in [0.4, 0.5) is 13.2 Å². The van der Waals surface area contributed by atoms with E-state index in [4.69, 9.17) is 33.2 Å². The van der Waals surface area contributed by atoms with Gasteiger partial charge in [0.2, 0.25) is 15.9 Å². The lowest BCUT2D eigenvalue weighted by Crippen LogP contribution is -2.55. The second kappa shape index (κ2) is 14.3. The predicted molar refractivity (Wildman–Crippen MR) is 183 cm³/mol. The first-order valence-electron chi connectivity index (χ1n) is 15.9. The molecular weight excluding hydrogens is 730 g/mol. The van der Waals surface area contributed by atoms with Gasteiger partial charge in [0.25, 0.3) is 5.91 Å². The molecule has 0 bridgehead atoms. The van der Waals surface area contributed by atoms with Gasteiger partial charge in [-0.15, -0.1) is 0 Å². The van der Waals surface area contributed by atoms with E-state index in [0.717, 1.165) is 10.4 Å². The van der Waals surface area contributed by atoms with Gasteiger partial charge in [0.15, 0.2) is 0 Å². The summed E-state index contributed by atoms with van der Waals surface area (Å²) in [6.07, 6.45) is -3.91. The number of amides is 2. The quantitative estimate of drug-likeness (QED) is 0.212. The lowest BCUT2D eigenvalue weighted by atomic mass is 10.1. The summed E-state index contributed by atoms with van der Waals surface area (Å²) in [7, 11) is -4.34. The van der Waals surface area contributed by atoms with Crippen LogP contribution in [0.5, 0.6) is 5.75 Å². The molecule has 0 aliphatic carbocycles. The maximum atomic E-state index is 14.1. The normalized spacial score (nSPS) is 17.1. The number of piperazine rings is 1. The summed E-state index contributed by atoms with van der Waals surface area (Å²) in [5.74, 6) is -0.593. The van der Waals surface area contributed by atoms with E-state index >= 15 is 0 Å². The Bertz CT molecular complexity index is 2170. The third-order valence-corrected chi connectivity index (χ3v) is 11.8. The molecule has 0 radical (unpaired) electrons. The average molecular weight is 761 g/mol. The van der Waals surface area contributed by atoms with E-state index < -0.39 is 27.8 Å². The number of halogens is 5. The Morgan fingerprint density at radius 2 is 1.69 bits per heavy atom. The molecule has 0 N–H and O–H groups in total. The minimum absolute atomic E-state index is 0.0194. The van der Waals surface area contributed by atoms with Crippen LogP contribution >= 0.6 is 23.2 Å².